The summed E-state index contributed by atoms with van der Waals surface area (Å²) in [6, 6.07) is 24.6. The van der Waals surface area contributed by atoms with Gasteiger partial charge in [-0.1, -0.05) is 48.0 Å². The average molecular weight is 387 g/mol. The molecule has 0 fully saturated rings. The molecule has 0 unspecified atom stereocenters. The first kappa shape index (κ1) is 17.2. The van der Waals surface area contributed by atoms with Gasteiger partial charge < -0.3 is 9.15 Å². The Labute approximate surface area is 169 Å². The predicted octanol–water partition coefficient (Wildman–Crippen LogP) is 7.04. The zero-order chi connectivity index (χ0) is 19.1. The summed E-state index contributed by atoms with van der Waals surface area (Å²) in [4.78, 5) is 0. The highest BCUT2D eigenvalue weighted by Crippen LogP contribution is 2.46. The number of hydrogen-bond donors (Lipinski definition) is 0. The maximum absolute atomic E-state index is 6.53. The van der Waals surface area contributed by atoms with Crippen LogP contribution in [-0.4, -0.2) is 7.11 Å². The van der Waals surface area contributed by atoms with Crippen LogP contribution >= 0.6 is 11.6 Å². The minimum atomic E-state index is 0.734. The van der Waals surface area contributed by atoms with Gasteiger partial charge in [0, 0.05) is 27.3 Å². The van der Waals surface area contributed by atoms with Gasteiger partial charge in [0.05, 0.1) is 7.11 Å². The lowest BCUT2D eigenvalue weighted by Gasteiger charge is -2.15. The molecule has 1 aromatic heterocycles. The summed E-state index contributed by atoms with van der Waals surface area (Å²) in [6.07, 6.45) is 1.98. The van der Waals surface area contributed by atoms with E-state index in [2.05, 4.69) is 48.5 Å². The van der Waals surface area contributed by atoms with Crippen LogP contribution in [-0.2, 0) is 12.8 Å². The topological polar surface area (TPSA) is 22.4 Å². The van der Waals surface area contributed by atoms with Crippen LogP contribution in [0.4, 0.5) is 0 Å². The van der Waals surface area contributed by atoms with E-state index in [1.54, 1.807) is 7.11 Å². The van der Waals surface area contributed by atoms with Crippen LogP contribution in [0, 0.1) is 0 Å². The van der Waals surface area contributed by atoms with E-state index in [1.165, 1.54) is 16.7 Å². The van der Waals surface area contributed by atoms with E-state index in [0.717, 1.165) is 51.8 Å². The lowest BCUT2D eigenvalue weighted by atomic mass is 9.86. The minimum absolute atomic E-state index is 0.734. The molecule has 28 heavy (non-hydrogen) atoms. The van der Waals surface area contributed by atoms with Crippen LogP contribution in [0.1, 0.15) is 11.1 Å². The Morgan fingerprint density at radius 3 is 2.25 bits per heavy atom. The van der Waals surface area contributed by atoms with Gasteiger partial charge in [-0.2, -0.15) is 0 Å². The van der Waals surface area contributed by atoms with Crippen LogP contribution in [0.25, 0.3) is 33.8 Å². The molecule has 0 saturated heterocycles. The summed E-state index contributed by atoms with van der Waals surface area (Å²) in [7, 11) is 1.68. The van der Waals surface area contributed by atoms with Gasteiger partial charge in [0.15, 0.2) is 0 Å². The summed E-state index contributed by atoms with van der Waals surface area (Å²) in [5, 5.41) is 0.734. The molecule has 4 aromatic rings. The molecule has 0 radical (unpaired) electrons. The molecule has 0 atom stereocenters. The van der Waals surface area contributed by atoms with Crippen LogP contribution in [0.15, 0.2) is 77.2 Å². The van der Waals surface area contributed by atoms with Gasteiger partial charge in [0.1, 0.15) is 17.3 Å². The number of fused-ring (bicyclic) bond motifs is 3. The van der Waals surface area contributed by atoms with Crippen molar-refractivity contribution in [1.82, 2.24) is 0 Å². The molecular weight excluding hydrogens is 368 g/mol. The third-order valence-corrected chi connectivity index (χ3v) is 5.65. The molecular formula is C25H19ClO2. The molecule has 0 aliphatic heterocycles. The van der Waals surface area contributed by atoms with Crippen molar-refractivity contribution >= 4 is 11.6 Å². The van der Waals surface area contributed by atoms with Gasteiger partial charge in [0.2, 0.25) is 0 Å². The van der Waals surface area contributed by atoms with E-state index in [0.29, 0.717) is 0 Å². The predicted molar refractivity (Wildman–Crippen MR) is 114 cm³/mol. The Hall–Kier alpha value is -2.97. The molecule has 3 aromatic carbocycles. The molecule has 3 heteroatoms. The van der Waals surface area contributed by atoms with E-state index in [1.807, 2.05) is 24.3 Å². The van der Waals surface area contributed by atoms with E-state index in [4.69, 9.17) is 20.8 Å². The highest BCUT2D eigenvalue weighted by molar-refractivity contribution is 6.30. The third kappa shape index (κ3) is 2.81. The number of furan rings is 1. The summed E-state index contributed by atoms with van der Waals surface area (Å²) < 4.78 is 11.8. The number of methoxy groups -OCH3 is 1. The van der Waals surface area contributed by atoms with Crippen molar-refractivity contribution in [1.29, 1.82) is 0 Å². The van der Waals surface area contributed by atoms with E-state index in [9.17, 15) is 0 Å². The maximum atomic E-state index is 6.53. The zero-order valence-electron chi connectivity index (χ0n) is 15.5. The molecule has 0 bridgehead atoms. The molecule has 0 amide bonds. The summed E-state index contributed by atoms with van der Waals surface area (Å²) in [5.41, 5.74) is 7.13. The Bertz CT molecular complexity index is 1140. The third-order valence-electron chi connectivity index (χ3n) is 5.40. The first-order valence-corrected chi connectivity index (χ1v) is 9.76. The van der Waals surface area contributed by atoms with Crippen LogP contribution in [0.2, 0.25) is 5.02 Å². The largest absolute Gasteiger partial charge is 0.497 e. The molecule has 2 nitrogen and oxygen atoms in total. The first-order chi connectivity index (χ1) is 13.7. The molecule has 0 spiro atoms. The van der Waals surface area contributed by atoms with Crippen molar-refractivity contribution < 1.29 is 9.15 Å². The normalized spacial score (nSPS) is 12.4. The Morgan fingerprint density at radius 2 is 1.50 bits per heavy atom. The van der Waals surface area contributed by atoms with Gasteiger partial charge in [-0.15, -0.1) is 0 Å². The molecule has 1 aliphatic rings. The molecule has 5 rings (SSSR count). The number of ether oxygens (including phenoxy) is 1. The summed E-state index contributed by atoms with van der Waals surface area (Å²) >= 11 is 6.14. The monoisotopic (exact) mass is 386 g/mol. The molecule has 1 aliphatic carbocycles. The number of halogens is 1. The Balaban J connectivity index is 1.76. The maximum Gasteiger partial charge on any atom is 0.142 e. The second kappa shape index (κ2) is 6.88. The number of benzene rings is 3. The lowest BCUT2D eigenvalue weighted by molar-refractivity contribution is 0.415. The van der Waals surface area contributed by atoms with Crippen LogP contribution in [0.3, 0.4) is 0 Å². The minimum Gasteiger partial charge on any atom is -0.497 e. The fourth-order valence-corrected chi connectivity index (χ4v) is 4.13. The van der Waals surface area contributed by atoms with E-state index >= 15 is 0 Å². The van der Waals surface area contributed by atoms with Gasteiger partial charge in [-0.3, -0.25) is 0 Å². The summed E-state index contributed by atoms with van der Waals surface area (Å²) in [6.45, 7) is 0. The Morgan fingerprint density at radius 1 is 0.786 bits per heavy atom. The van der Waals surface area contributed by atoms with Crippen molar-refractivity contribution in [2.45, 2.75) is 12.8 Å². The number of hydrogen-bond acceptors (Lipinski definition) is 2. The second-order valence-electron chi connectivity index (χ2n) is 7.01. The Kier molecular flexibility index (Phi) is 4.22. The van der Waals surface area contributed by atoms with Crippen molar-refractivity contribution in [3.63, 3.8) is 0 Å². The lowest BCUT2D eigenvalue weighted by Crippen LogP contribution is -2.02. The van der Waals surface area contributed by atoms with Gasteiger partial charge >= 0.3 is 0 Å². The fourth-order valence-electron chi connectivity index (χ4n) is 4.01. The smallest absolute Gasteiger partial charge is 0.142 e. The molecule has 0 saturated carbocycles. The average Bonchev–Trinajstić information content (AvgIpc) is 3.14. The zero-order valence-corrected chi connectivity index (χ0v) is 16.3. The second-order valence-corrected chi connectivity index (χ2v) is 7.44. The molecule has 0 N–H and O–H groups in total. The highest BCUT2D eigenvalue weighted by atomic mass is 35.5. The van der Waals surface area contributed by atoms with Crippen molar-refractivity contribution in [2.24, 2.45) is 0 Å². The number of aryl methyl sites for hydroxylation is 1. The first-order valence-electron chi connectivity index (χ1n) is 9.39. The molecule has 1 heterocycles. The highest BCUT2D eigenvalue weighted by Gasteiger charge is 2.27. The quantitative estimate of drug-likeness (QED) is 0.376. The number of rotatable bonds is 3. The van der Waals surface area contributed by atoms with Gasteiger partial charge in [-0.25, -0.2) is 0 Å². The van der Waals surface area contributed by atoms with Crippen molar-refractivity contribution in [2.75, 3.05) is 7.11 Å². The van der Waals surface area contributed by atoms with Crippen molar-refractivity contribution in [3.8, 4) is 39.5 Å². The van der Waals surface area contributed by atoms with Crippen LogP contribution < -0.4 is 4.74 Å². The fraction of sp³-hybridized carbons (Fsp3) is 0.120. The SMILES string of the molecule is COc1ccc(-c2oc3c(c2-c2ccc(Cl)cc2)CCc2ccccc2-3)cc1. The van der Waals surface area contributed by atoms with Gasteiger partial charge in [-0.05, 0) is 60.4 Å². The van der Waals surface area contributed by atoms with E-state index < -0.39 is 0 Å². The molecule has 138 valence electrons. The van der Waals surface area contributed by atoms with Gasteiger partial charge in [0.25, 0.3) is 0 Å². The standard InChI is InChI=1S/C25H19ClO2/c1-27-20-13-8-18(9-14-20)24-23(17-6-11-19(26)12-7-17)22-15-10-16-4-2-3-5-21(16)25(22)28-24/h2-9,11-14H,10,15H2,1H3. The van der Waals surface area contributed by atoms with E-state index in [-0.39, 0.29) is 0 Å². The summed E-state index contributed by atoms with van der Waals surface area (Å²) in [5.74, 6) is 2.71. The van der Waals surface area contributed by atoms with Crippen LogP contribution in [0.5, 0.6) is 5.75 Å². The van der Waals surface area contributed by atoms with Crippen molar-refractivity contribution in [3.05, 3.63) is 88.9 Å².